The van der Waals surface area contributed by atoms with Crippen molar-refractivity contribution in [1.29, 1.82) is 0 Å². The zero-order valence-corrected chi connectivity index (χ0v) is 11.3. The Hall–Kier alpha value is -1.55. The Morgan fingerprint density at radius 3 is 1.95 bits per heavy atom. The van der Waals surface area contributed by atoms with Crippen molar-refractivity contribution in [3.63, 3.8) is 0 Å². The van der Waals surface area contributed by atoms with Crippen LogP contribution in [0.25, 0.3) is 0 Å². The van der Waals surface area contributed by atoms with Crippen molar-refractivity contribution in [1.82, 2.24) is 0 Å². The molecule has 0 bridgehead atoms. The molecular weight excluding hydrogens is 266 g/mol. The van der Waals surface area contributed by atoms with E-state index in [2.05, 4.69) is 0 Å². The van der Waals surface area contributed by atoms with Gasteiger partial charge in [0.15, 0.2) is 0 Å². The average molecular weight is 280 g/mol. The van der Waals surface area contributed by atoms with Crippen molar-refractivity contribution >= 4 is 10.8 Å². The first-order chi connectivity index (χ1) is 9.06. The van der Waals surface area contributed by atoms with Gasteiger partial charge in [0, 0.05) is 16.6 Å². The van der Waals surface area contributed by atoms with Crippen LogP contribution in [0.15, 0.2) is 48.5 Å². The third-order valence-corrected chi connectivity index (χ3v) is 4.63. The Balaban J connectivity index is 2.07. The maximum atomic E-state index is 12.8. The second-order valence-corrected chi connectivity index (χ2v) is 6.10. The summed E-state index contributed by atoms with van der Waals surface area (Å²) in [6.07, 6.45) is 0. The molecule has 0 N–H and O–H groups in total. The fourth-order valence-electron chi connectivity index (χ4n) is 1.76. The SMILES string of the molecule is C[C@@H](c1ccc(F)cc1)[S@](=O)Cc1ccc(F)cc1. The van der Waals surface area contributed by atoms with Crippen LogP contribution in [0.5, 0.6) is 0 Å². The summed E-state index contributed by atoms with van der Waals surface area (Å²) in [4.78, 5) is 0. The number of hydrogen-bond donors (Lipinski definition) is 0. The highest BCUT2D eigenvalue weighted by Crippen LogP contribution is 2.22. The molecule has 19 heavy (non-hydrogen) atoms. The Labute approximate surface area is 113 Å². The maximum absolute atomic E-state index is 12.8. The molecule has 0 aliphatic carbocycles. The van der Waals surface area contributed by atoms with Gasteiger partial charge in [0.25, 0.3) is 0 Å². The lowest BCUT2D eigenvalue weighted by Crippen LogP contribution is -2.05. The number of rotatable bonds is 4. The van der Waals surface area contributed by atoms with E-state index in [0.717, 1.165) is 11.1 Å². The number of halogens is 2. The third kappa shape index (κ3) is 3.70. The maximum Gasteiger partial charge on any atom is 0.123 e. The van der Waals surface area contributed by atoms with Crippen LogP contribution in [0.4, 0.5) is 8.78 Å². The lowest BCUT2D eigenvalue weighted by molar-refractivity contribution is 0.626. The molecule has 100 valence electrons. The summed E-state index contributed by atoms with van der Waals surface area (Å²) in [5, 5.41) is -0.189. The standard InChI is InChI=1S/C15H14F2OS/c1-11(13-4-8-15(17)9-5-13)19(18)10-12-2-6-14(16)7-3-12/h2-9,11H,10H2,1H3/t11-,19+/m0/s1. The van der Waals surface area contributed by atoms with Crippen LogP contribution in [-0.2, 0) is 16.6 Å². The summed E-state index contributed by atoms with van der Waals surface area (Å²) < 4.78 is 37.8. The third-order valence-electron chi connectivity index (χ3n) is 2.96. The van der Waals surface area contributed by atoms with Crippen LogP contribution < -0.4 is 0 Å². The Kier molecular flexibility index (Phi) is 4.43. The van der Waals surface area contributed by atoms with Crippen molar-refractivity contribution in [2.24, 2.45) is 0 Å². The normalized spacial score (nSPS) is 14.1. The van der Waals surface area contributed by atoms with E-state index in [-0.39, 0.29) is 16.9 Å². The summed E-state index contributed by atoms with van der Waals surface area (Å²) in [7, 11) is -1.12. The monoisotopic (exact) mass is 280 g/mol. The summed E-state index contributed by atoms with van der Waals surface area (Å²) >= 11 is 0. The summed E-state index contributed by atoms with van der Waals surface area (Å²) in [5.74, 6) is -0.250. The van der Waals surface area contributed by atoms with Crippen molar-refractivity contribution in [3.8, 4) is 0 Å². The topological polar surface area (TPSA) is 17.1 Å². The second kappa shape index (κ2) is 6.06. The van der Waals surface area contributed by atoms with E-state index in [0.29, 0.717) is 5.75 Å². The molecule has 0 unspecified atom stereocenters. The first kappa shape index (κ1) is 13.9. The summed E-state index contributed by atoms with van der Waals surface area (Å²) in [6.45, 7) is 1.84. The van der Waals surface area contributed by atoms with Crippen LogP contribution in [0.3, 0.4) is 0 Å². The van der Waals surface area contributed by atoms with Gasteiger partial charge in [0.2, 0.25) is 0 Å². The van der Waals surface area contributed by atoms with Crippen molar-refractivity contribution in [2.75, 3.05) is 0 Å². The molecule has 4 heteroatoms. The van der Waals surface area contributed by atoms with Gasteiger partial charge in [0.1, 0.15) is 11.6 Å². The van der Waals surface area contributed by atoms with Gasteiger partial charge < -0.3 is 0 Å². The van der Waals surface area contributed by atoms with Gasteiger partial charge in [-0.05, 0) is 42.3 Å². The lowest BCUT2D eigenvalue weighted by Gasteiger charge is -2.12. The molecule has 0 amide bonds. The number of benzene rings is 2. The van der Waals surface area contributed by atoms with Crippen molar-refractivity contribution < 1.29 is 13.0 Å². The Morgan fingerprint density at radius 2 is 1.42 bits per heavy atom. The smallest absolute Gasteiger partial charge is 0.123 e. The second-order valence-electron chi connectivity index (χ2n) is 4.35. The molecule has 2 rings (SSSR count). The fourth-order valence-corrected chi connectivity index (χ4v) is 2.99. The minimum Gasteiger partial charge on any atom is -0.259 e. The zero-order valence-electron chi connectivity index (χ0n) is 10.5. The van der Waals surface area contributed by atoms with Gasteiger partial charge in [-0.3, -0.25) is 4.21 Å². The van der Waals surface area contributed by atoms with Crippen LogP contribution in [0.1, 0.15) is 23.3 Å². The molecule has 0 radical (unpaired) electrons. The van der Waals surface area contributed by atoms with Gasteiger partial charge in [-0.25, -0.2) is 8.78 Å². The number of hydrogen-bond acceptors (Lipinski definition) is 1. The fraction of sp³-hybridized carbons (Fsp3) is 0.200. The Bertz CT molecular complexity index is 564. The highest BCUT2D eigenvalue weighted by Gasteiger charge is 2.14. The molecule has 0 saturated carbocycles. The van der Waals surface area contributed by atoms with Gasteiger partial charge in [-0.15, -0.1) is 0 Å². The first-order valence-corrected chi connectivity index (χ1v) is 7.31. The predicted molar refractivity (Wildman–Crippen MR) is 73.1 cm³/mol. The van der Waals surface area contributed by atoms with Gasteiger partial charge >= 0.3 is 0 Å². The molecular formula is C15H14F2OS. The van der Waals surface area contributed by atoms with Crippen molar-refractivity contribution in [3.05, 3.63) is 71.3 Å². The van der Waals surface area contributed by atoms with E-state index in [1.165, 1.54) is 24.3 Å². The minimum atomic E-state index is -1.12. The van der Waals surface area contributed by atoms with E-state index >= 15 is 0 Å². The largest absolute Gasteiger partial charge is 0.259 e. The van der Waals surface area contributed by atoms with Gasteiger partial charge in [-0.2, -0.15) is 0 Å². The lowest BCUT2D eigenvalue weighted by atomic mass is 10.2. The van der Waals surface area contributed by atoms with E-state index < -0.39 is 10.8 Å². The van der Waals surface area contributed by atoms with Gasteiger partial charge in [0.05, 0.1) is 5.25 Å². The zero-order chi connectivity index (χ0) is 13.8. The molecule has 2 aromatic carbocycles. The van der Waals surface area contributed by atoms with Crippen LogP contribution >= 0.6 is 0 Å². The molecule has 0 fully saturated rings. The highest BCUT2D eigenvalue weighted by atomic mass is 32.2. The molecule has 0 saturated heterocycles. The summed E-state index contributed by atoms with van der Waals surface area (Å²) in [5.41, 5.74) is 1.66. The minimum absolute atomic E-state index is 0.189. The van der Waals surface area contributed by atoms with Crippen LogP contribution in [-0.4, -0.2) is 4.21 Å². The summed E-state index contributed by atoms with van der Waals surface area (Å²) in [6, 6.07) is 12.0. The van der Waals surface area contributed by atoms with E-state index in [1.807, 2.05) is 6.92 Å². The predicted octanol–water partition coefficient (Wildman–Crippen LogP) is 3.97. The molecule has 0 heterocycles. The van der Waals surface area contributed by atoms with Crippen molar-refractivity contribution in [2.45, 2.75) is 17.9 Å². The molecule has 0 spiro atoms. The molecule has 0 aliphatic heterocycles. The quantitative estimate of drug-likeness (QED) is 0.828. The molecule has 2 aromatic rings. The van der Waals surface area contributed by atoms with Crippen LogP contribution in [0, 0.1) is 11.6 Å². The highest BCUT2D eigenvalue weighted by molar-refractivity contribution is 7.84. The molecule has 1 nitrogen and oxygen atoms in total. The van der Waals surface area contributed by atoms with E-state index in [4.69, 9.17) is 0 Å². The molecule has 0 aliphatic rings. The van der Waals surface area contributed by atoms with E-state index in [9.17, 15) is 13.0 Å². The van der Waals surface area contributed by atoms with Crippen LogP contribution in [0.2, 0.25) is 0 Å². The average Bonchev–Trinajstić information content (AvgIpc) is 2.41. The molecule has 0 aromatic heterocycles. The Morgan fingerprint density at radius 1 is 0.947 bits per heavy atom. The first-order valence-electron chi connectivity index (χ1n) is 5.93. The van der Waals surface area contributed by atoms with E-state index in [1.54, 1.807) is 24.3 Å². The van der Waals surface area contributed by atoms with Gasteiger partial charge in [-0.1, -0.05) is 24.3 Å². The molecule has 2 atom stereocenters.